The first-order valence-electron chi connectivity index (χ1n) is 8.88. The van der Waals surface area contributed by atoms with Crippen LogP contribution >= 0.6 is 11.6 Å². The zero-order chi connectivity index (χ0) is 18.8. The molecule has 0 radical (unpaired) electrons. The SMILES string of the molecule is O=C1C(c2ccc(Cl)cc2)=C(N2CCOCC2)C(=O)N1Cc1ccccc1. The van der Waals surface area contributed by atoms with Crippen molar-refractivity contribution in [3.05, 3.63) is 76.4 Å². The molecule has 0 saturated carbocycles. The van der Waals surface area contributed by atoms with Crippen molar-refractivity contribution in [1.29, 1.82) is 0 Å². The van der Waals surface area contributed by atoms with Gasteiger partial charge in [0.05, 0.1) is 25.3 Å². The summed E-state index contributed by atoms with van der Waals surface area (Å²) in [6.45, 7) is 2.51. The van der Waals surface area contributed by atoms with E-state index in [-0.39, 0.29) is 18.4 Å². The monoisotopic (exact) mass is 382 g/mol. The van der Waals surface area contributed by atoms with Gasteiger partial charge in [-0.05, 0) is 23.3 Å². The van der Waals surface area contributed by atoms with Crippen LogP contribution in [0.2, 0.25) is 5.02 Å². The van der Waals surface area contributed by atoms with Gasteiger partial charge in [0.15, 0.2) is 0 Å². The largest absolute Gasteiger partial charge is 0.378 e. The Bertz CT molecular complexity index is 887. The number of carbonyl (C=O) groups is 2. The molecule has 1 fully saturated rings. The van der Waals surface area contributed by atoms with Gasteiger partial charge in [0.1, 0.15) is 5.70 Å². The molecule has 27 heavy (non-hydrogen) atoms. The summed E-state index contributed by atoms with van der Waals surface area (Å²) >= 11 is 6.00. The third kappa shape index (κ3) is 3.48. The fraction of sp³-hybridized carbons (Fsp3) is 0.238. The van der Waals surface area contributed by atoms with Crippen LogP contribution in [0.25, 0.3) is 5.57 Å². The molecule has 2 aromatic rings. The fourth-order valence-electron chi connectivity index (χ4n) is 3.43. The molecule has 6 heteroatoms. The van der Waals surface area contributed by atoms with Crippen molar-refractivity contribution in [2.24, 2.45) is 0 Å². The first-order valence-corrected chi connectivity index (χ1v) is 9.26. The number of nitrogens with zero attached hydrogens (tertiary/aromatic N) is 2. The molecule has 5 nitrogen and oxygen atoms in total. The van der Waals surface area contributed by atoms with Gasteiger partial charge in [-0.2, -0.15) is 0 Å². The number of benzene rings is 2. The van der Waals surface area contributed by atoms with Gasteiger partial charge in [0.2, 0.25) is 0 Å². The third-order valence-corrected chi connectivity index (χ3v) is 5.04. The second-order valence-electron chi connectivity index (χ2n) is 6.51. The van der Waals surface area contributed by atoms with E-state index in [2.05, 4.69) is 0 Å². The Labute approximate surface area is 162 Å². The van der Waals surface area contributed by atoms with Crippen LogP contribution in [-0.2, 0) is 20.9 Å². The summed E-state index contributed by atoms with van der Waals surface area (Å²) in [6, 6.07) is 16.6. The number of rotatable bonds is 4. The van der Waals surface area contributed by atoms with E-state index in [1.165, 1.54) is 4.90 Å². The van der Waals surface area contributed by atoms with E-state index in [1.807, 2.05) is 35.2 Å². The van der Waals surface area contributed by atoms with Gasteiger partial charge in [-0.3, -0.25) is 14.5 Å². The van der Waals surface area contributed by atoms with E-state index < -0.39 is 0 Å². The van der Waals surface area contributed by atoms with Crippen molar-refractivity contribution >= 4 is 29.0 Å². The summed E-state index contributed by atoms with van der Waals surface area (Å²) in [5.74, 6) is -0.525. The molecule has 2 aliphatic rings. The maximum Gasteiger partial charge on any atom is 0.278 e. The minimum Gasteiger partial charge on any atom is -0.378 e. The standard InChI is InChI=1S/C21H19ClN2O3/c22-17-8-6-16(7-9-17)18-19(23-10-12-27-13-11-23)21(26)24(20(18)25)14-15-4-2-1-3-5-15/h1-9H,10-14H2. The first-order chi connectivity index (χ1) is 13.1. The molecule has 2 heterocycles. The second kappa shape index (κ2) is 7.55. The lowest BCUT2D eigenvalue weighted by Crippen LogP contribution is -2.40. The Morgan fingerprint density at radius 1 is 0.889 bits per heavy atom. The molecule has 0 aliphatic carbocycles. The lowest BCUT2D eigenvalue weighted by molar-refractivity contribution is -0.138. The average Bonchev–Trinajstić information content (AvgIpc) is 2.95. The summed E-state index contributed by atoms with van der Waals surface area (Å²) in [6.07, 6.45) is 0. The molecule has 0 atom stereocenters. The number of imide groups is 1. The zero-order valence-corrected chi connectivity index (χ0v) is 15.5. The van der Waals surface area contributed by atoms with Crippen LogP contribution in [0.1, 0.15) is 11.1 Å². The van der Waals surface area contributed by atoms with Crippen LogP contribution in [0.4, 0.5) is 0 Å². The van der Waals surface area contributed by atoms with E-state index in [0.29, 0.717) is 48.2 Å². The normalized spacial score (nSPS) is 17.8. The Morgan fingerprint density at radius 3 is 2.22 bits per heavy atom. The summed E-state index contributed by atoms with van der Waals surface area (Å²) in [5.41, 5.74) is 2.52. The van der Waals surface area contributed by atoms with Crippen molar-refractivity contribution < 1.29 is 14.3 Å². The predicted octanol–water partition coefficient (Wildman–Crippen LogP) is 2.95. The second-order valence-corrected chi connectivity index (χ2v) is 6.95. The molecular formula is C21H19ClN2O3. The van der Waals surface area contributed by atoms with Gasteiger partial charge in [0.25, 0.3) is 11.8 Å². The molecule has 0 aromatic heterocycles. The summed E-state index contributed by atoms with van der Waals surface area (Å²) in [4.78, 5) is 29.7. The lowest BCUT2D eigenvalue weighted by atomic mass is 10.0. The van der Waals surface area contributed by atoms with Crippen molar-refractivity contribution in [3.8, 4) is 0 Å². The quantitative estimate of drug-likeness (QED) is 0.763. The summed E-state index contributed by atoms with van der Waals surface area (Å²) in [5, 5.41) is 0.588. The number of hydrogen-bond donors (Lipinski definition) is 0. The van der Waals surface area contributed by atoms with Crippen molar-refractivity contribution in [2.45, 2.75) is 6.54 Å². The van der Waals surface area contributed by atoms with Gasteiger partial charge in [-0.25, -0.2) is 0 Å². The van der Waals surface area contributed by atoms with Gasteiger partial charge >= 0.3 is 0 Å². The fourth-order valence-corrected chi connectivity index (χ4v) is 3.56. The lowest BCUT2D eigenvalue weighted by Gasteiger charge is -2.29. The van der Waals surface area contributed by atoms with Crippen LogP contribution in [0, 0.1) is 0 Å². The van der Waals surface area contributed by atoms with Crippen molar-refractivity contribution in [1.82, 2.24) is 9.80 Å². The highest BCUT2D eigenvalue weighted by atomic mass is 35.5. The van der Waals surface area contributed by atoms with Crippen LogP contribution < -0.4 is 0 Å². The number of amides is 2. The highest BCUT2D eigenvalue weighted by Gasteiger charge is 2.41. The maximum atomic E-state index is 13.2. The Morgan fingerprint density at radius 2 is 1.56 bits per heavy atom. The molecule has 0 bridgehead atoms. The van der Waals surface area contributed by atoms with E-state index in [4.69, 9.17) is 16.3 Å². The molecule has 0 N–H and O–H groups in total. The topological polar surface area (TPSA) is 49.9 Å². The summed E-state index contributed by atoms with van der Waals surface area (Å²) in [7, 11) is 0. The van der Waals surface area contributed by atoms with E-state index in [1.54, 1.807) is 24.3 Å². The summed E-state index contributed by atoms with van der Waals surface area (Å²) < 4.78 is 5.41. The highest BCUT2D eigenvalue weighted by molar-refractivity contribution is 6.35. The Kier molecular flexibility index (Phi) is 4.97. The van der Waals surface area contributed by atoms with Crippen LogP contribution in [0.5, 0.6) is 0 Å². The minimum atomic E-state index is -0.271. The van der Waals surface area contributed by atoms with Gasteiger partial charge < -0.3 is 9.64 Å². The molecule has 0 unspecified atom stereocenters. The van der Waals surface area contributed by atoms with Crippen LogP contribution in [0.15, 0.2) is 60.3 Å². The molecular weight excluding hydrogens is 364 g/mol. The molecule has 4 rings (SSSR count). The first kappa shape index (κ1) is 17.8. The van der Waals surface area contributed by atoms with E-state index in [0.717, 1.165) is 5.56 Å². The number of hydrogen-bond acceptors (Lipinski definition) is 4. The van der Waals surface area contributed by atoms with Gasteiger partial charge in [0, 0.05) is 18.1 Å². The smallest absolute Gasteiger partial charge is 0.278 e. The molecule has 138 valence electrons. The molecule has 1 saturated heterocycles. The van der Waals surface area contributed by atoms with Crippen LogP contribution in [0.3, 0.4) is 0 Å². The van der Waals surface area contributed by atoms with Gasteiger partial charge in [-0.15, -0.1) is 0 Å². The van der Waals surface area contributed by atoms with Crippen molar-refractivity contribution in [3.63, 3.8) is 0 Å². The van der Waals surface area contributed by atoms with Crippen molar-refractivity contribution in [2.75, 3.05) is 26.3 Å². The molecule has 2 amide bonds. The van der Waals surface area contributed by atoms with E-state index in [9.17, 15) is 9.59 Å². The number of carbonyl (C=O) groups excluding carboxylic acids is 2. The zero-order valence-electron chi connectivity index (χ0n) is 14.7. The van der Waals surface area contributed by atoms with Gasteiger partial charge in [-0.1, -0.05) is 54.1 Å². The predicted molar refractivity (Wildman–Crippen MR) is 103 cm³/mol. The number of morpholine rings is 1. The number of ether oxygens (including phenoxy) is 1. The molecule has 0 spiro atoms. The Balaban J connectivity index is 1.73. The van der Waals surface area contributed by atoms with Crippen LogP contribution in [-0.4, -0.2) is 47.9 Å². The average molecular weight is 383 g/mol. The van der Waals surface area contributed by atoms with E-state index >= 15 is 0 Å². The third-order valence-electron chi connectivity index (χ3n) is 4.79. The molecule has 2 aliphatic heterocycles. The number of halogens is 1. The molecule has 2 aromatic carbocycles. The highest BCUT2D eigenvalue weighted by Crippen LogP contribution is 2.33. The maximum absolute atomic E-state index is 13.2. The minimum absolute atomic E-state index is 0.253. The Hall–Kier alpha value is -2.63.